The molecule has 1 heterocycles. The summed E-state index contributed by atoms with van der Waals surface area (Å²) < 4.78 is 10.9. The molecule has 0 fully saturated rings. The Labute approximate surface area is 87.0 Å². The lowest BCUT2D eigenvalue weighted by Crippen LogP contribution is -2.18. The molecule has 1 rings (SSSR count). The third-order valence-corrected chi connectivity index (χ3v) is 2.73. The number of aryl methyl sites for hydroxylation is 1. The first kappa shape index (κ1) is 11.2. The highest BCUT2D eigenvalue weighted by Gasteiger charge is 2.04. The van der Waals surface area contributed by atoms with Crippen LogP contribution in [0.2, 0.25) is 0 Å². The van der Waals surface area contributed by atoms with Gasteiger partial charge in [0, 0.05) is 40.7 Å². The molecule has 0 spiro atoms. The highest BCUT2D eigenvalue weighted by atomic mass is 32.2. The number of aromatic amines is 1. The van der Waals surface area contributed by atoms with E-state index in [9.17, 15) is 4.21 Å². The quantitative estimate of drug-likeness (QED) is 0.778. The average molecular weight is 215 g/mol. The van der Waals surface area contributed by atoms with Gasteiger partial charge >= 0.3 is 0 Å². The van der Waals surface area contributed by atoms with Crippen LogP contribution in [0.5, 0.6) is 0 Å². The average Bonchev–Trinajstić information content (AvgIpc) is 2.48. The van der Waals surface area contributed by atoms with Crippen molar-refractivity contribution in [2.24, 2.45) is 0 Å². The molecule has 0 radical (unpaired) electrons. The van der Waals surface area contributed by atoms with E-state index in [1.807, 2.05) is 6.92 Å². The van der Waals surface area contributed by atoms with Crippen molar-refractivity contribution in [2.45, 2.75) is 26.3 Å². The standard InChI is InChI=1S/C9H17N3OS/c1-7(4-5-14(3)13)11-9-10-6-8(2)12-9/h6-7H,4-5H2,1-3H3,(H2,10,11,12). The van der Waals surface area contributed by atoms with Gasteiger partial charge in [0.15, 0.2) is 5.95 Å². The fourth-order valence-corrected chi connectivity index (χ4v) is 1.82. The van der Waals surface area contributed by atoms with Gasteiger partial charge in [0.25, 0.3) is 0 Å². The molecular formula is C9H17N3OS. The number of hydrogen-bond donors (Lipinski definition) is 2. The van der Waals surface area contributed by atoms with Crippen LogP contribution in [0.3, 0.4) is 0 Å². The predicted molar refractivity (Wildman–Crippen MR) is 60.0 cm³/mol. The summed E-state index contributed by atoms with van der Waals surface area (Å²) in [5.74, 6) is 1.52. The minimum absolute atomic E-state index is 0.296. The molecule has 5 heteroatoms. The van der Waals surface area contributed by atoms with E-state index in [4.69, 9.17) is 0 Å². The summed E-state index contributed by atoms with van der Waals surface area (Å²) in [7, 11) is -0.710. The number of rotatable bonds is 5. The third kappa shape index (κ3) is 3.91. The smallest absolute Gasteiger partial charge is 0.200 e. The zero-order chi connectivity index (χ0) is 10.6. The van der Waals surface area contributed by atoms with Crippen LogP contribution in [0.4, 0.5) is 5.95 Å². The normalized spacial score (nSPS) is 15.1. The van der Waals surface area contributed by atoms with Crippen LogP contribution in [-0.4, -0.2) is 32.2 Å². The van der Waals surface area contributed by atoms with Crippen molar-refractivity contribution in [1.29, 1.82) is 0 Å². The van der Waals surface area contributed by atoms with Crippen molar-refractivity contribution in [1.82, 2.24) is 9.97 Å². The minimum Gasteiger partial charge on any atom is -0.353 e. The summed E-state index contributed by atoms with van der Waals surface area (Å²) in [6, 6.07) is 0.296. The molecule has 2 unspecified atom stereocenters. The molecule has 1 aromatic rings. The fraction of sp³-hybridized carbons (Fsp3) is 0.667. The highest BCUT2D eigenvalue weighted by molar-refractivity contribution is 7.84. The molecule has 0 saturated carbocycles. The van der Waals surface area contributed by atoms with Crippen molar-refractivity contribution < 1.29 is 4.21 Å². The summed E-state index contributed by atoms with van der Waals surface area (Å²) in [6.45, 7) is 4.02. The van der Waals surface area contributed by atoms with E-state index in [0.29, 0.717) is 6.04 Å². The number of H-pyrrole nitrogens is 1. The molecule has 0 aliphatic rings. The van der Waals surface area contributed by atoms with Crippen LogP contribution in [0.15, 0.2) is 6.20 Å². The van der Waals surface area contributed by atoms with E-state index in [1.54, 1.807) is 12.5 Å². The molecule has 2 atom stereocenters. The SMILES string of the molecule is Cc1cnc(NC(C)CCS(C)=O)[nH]1. The Morgan fingerprint density at radius 2 is 2.43 bits per heavy atom. The van der Waals surface area contributed by atoms with Crippen molar-refractivity contribution in [3.63, 3.8) is 0 Å². The number of hydrogen-bond acceptors (Lipinski definition) is 3. The van der Waals surface area contributed by atoms with Crippen molar-refractivity contribution >= 4 is 16.7 Å². The molecular weight excluding hydrogens is 198 g/mol. The predicted octanol–water partition coefficient (Wildman–Crippen LogP) is 1.29. The van der Waals surface area contributed by atoms with E-state index in [1.165, 1.54) is 0 Å². The monoisotopic (exact) mass is 215 g/mol. The maximum Gasteiger partial charge on any atom is 0.200 e. The topological polar surface area (TPSA) is 57.8 Å². The summed E-state index contributed by atoms with van der Waals surface area (Å²) in [5, 5.41) is 3.22. The second kappa shape index (κ2) is 5.14. The zero-order valence-electron chi connectivity index (χ0n) is 8.83. The molecule has 4 nitrogen and oxygen atoms in total. The van der Waals surface area contributed by atoms with Gasteiger partial charge in [0.05, 0.1) is 0 Å². The maximum absolute atomic E-state index is 10.9. The lowest BCUT2D eigenvalue weighted by Gasteiger charge is -2.11. The van der Waals surface area contributed by atoms with E-state index >= 15 is 0 Å². The molecule has 14 heavy (non-hydrogen) atoms. The number of nitrogens with zero attached hydrogens (tertiary/aromatic N) is 1. The van der Waals surface area contributed by atoms with E-state index < -0.39 is 10.8 Å². The first-order valence-electron chi connectivity index (χ1n) is 4.66. The van der Waals surface area contributed by atoms with Gasteiger partial charge < -0.3 is 10.3 Å². The first-order valence-corrected chi connectivity index (χ1v) is 6.39. The summed E-state index contributed by atoms with van der Waals surface area (Å²) in [4.78, 5) is 7.24. The molecule has 0 bridgehead atoms. The van der Waals surface area contributed by atoms with Gasteiger partial charge in [-0.2, -0.15) is 0 Å². The minimum atomic E-state index is -0.710. The van der Waals surface area contributed by atoms with E-state index in [2.05, 4.69) is 22.2 Å². The van der Waals surface area contributed by atoms with Crippen LogP contribution >= 0.6 is 0 Å². The molecule has 0 aromatic carbocycles. The Hall–Kier alpha value is -0.840. The Bertz CT molecular complexity index is 311. The Kier molecular flexibility index (Phi) is 4.13. The highest BCUT2D eigenvalue weighted by Crippen LogP contribution is 2.04. The van der Waals surface area contributed by atoms with Crippen LogP contribution in [-0.2, 0) is 10.8 Å². The third-order valence-electron chi connectivity index (χ3n) is 1.92. The molecule has 1 aromatic heterocycles. The van der Waals surface area contributed by atoms with Gasteiger partial charge in [0.2, 0.25) is 0 Å². The van der Waals surface area contributed by atoms with Gasteiger partial charge in [-0.25, -0.2) is 4.98 Å². The number of anilines is 1. The van der Waals surface area contributed by atoms with Crippen LogP contribution < -0.4 is 5.32 Å². The van der Waals surface area contributed by atoms with Gasteiger partial charge in [-0.1, -0.05) is 0 Å². The number of nitrogens with one attached hydrogen (secondary N) is 2. The summed E-state index contributed by atoms with van der Waals surface area (Å²) in [6.07, 6.45) is 4.40. The fourth-order valence-electron chi connectivity index (χ4n) is 1.13. The van der Waals surface area contributed by atoms with Gasteiger partial charge in [-0.05, 0) is 20.3 Å². The second-order valence-electron chi connectivity index (χ2n) is 3.53. The van der Waals surface area contributed by atoms with Crippen LogP contribution in [0.25, 0.3) is 0 Å². The van der Waals surface area contributed by atoms with Crippen LogP contribution in [0.1, 0.15) is 19.0 Å². The molecule has 2 N–H and O–H groups in total. The zero-order valence-corrected chi connectivity index (χ0v) is 9.65. The van der Waals surface area contributed by atoms with E-state index in [0.717, 1.165) is 23.8 Å². The van der Waals surface area contributed by atoms with Crippen molar-refractivity contribution in [3.8, 4) is 0 Å². The Morgan fingerprint density at radius 3 is 2.93 bits per heavy atom. The van der Waals surface area contributed by atoms with Gasteiger partial charge in [-0.3, -0.25) is 4.21 Å². The summed E-state index contributed by atoms with van der Waals surface area (Å²) in [5.41, 5.74) is 1.04. The molecule has 0 saturated heterocycles. The first-order chi connectivity index (χ1) is 6.58. The molecule has 0 aliphatic carbocycles. The van der Waals surface area contributed by atoms with Gasteiger partial charge in [-0.15, -0.1) is 0 Å². The lowest BCUT2D eigenvalue weighted by atomic mass is 10.3. The molecule has 0 amide bonds. The molecule has 0 aliphatic heterocycles. The lowest BCUT2D eigenvalue weighted by molar-refractivity contribution is 0.678. The van der Waals surface area contributed by atoms with E-state index in [-0.39, 0.29) is 0 Å². The van der Waals surface area contributed by atoms with Gasteiger partial charge in [0.1, 0.15) is 0 Å². The summed E-state index contributed by atoms with van der Waals surface area (Å²) >= 11 is 0. The van der Waals surface area contributed by atoms with Crippen molar-refractivity contribution in [2.75, 3.05) is 17.3 Å². The maximum atomic E-state index is 10.9. The van der Waals surface area contributed by atoms with Crippen molar-refractivity contribution in [3.05, 3.63) is 11.9 Å². The Morgan fingerprint density at radius 1 is 1.71 bits per heavy atom. The second-order valence-corrected chi connectivity index (χ2v) is 5.08. The molecule has 80 valence electrons. The largest absolute Gasteiger partial charge is 0.353 e. The number of aromatic nitrogens is 2. The number of imidazole rings is 1. The van der Waals surface area contributed by atoms with Crippen LogP contribution in [0, 0.1) is 6.92 Å². The Balaban J connectivity index is 2.33.